The average molecular weight is 387 g/mol. The van der Waals surface area contributed by atoms with Crippen molar-refractivity contribution >= 4 is 5.96 Å². The predicted octanol–water partition coefficient (Wildman–Crippen LogP) is 2.28. The molecule has 0 aliphatic carbocycles. The molecule has 1 aliphatic rings. The number of aryl methyl sites for hydroxylation is 1. The Kier molecular flexibility index (Phi) is 7.25. The molecule has 2 N–H and O–H groups in total. The maximum Gasteiger partial charge on any atom is 0.223 e. The summed E-state index contributed by atoms with van der Waals surface area (Å²) in [6.07, 6.45) is 3.81. The standard InChI is InChI=1S/C20H30N6O2/c1-15-24-19(25-28-15)14-23-20(21-2)22-13-18(26-11-5-4-6-12-26)16-7-9-17(27-3)10-8-16/h7-10,18H,4-6,11-14H2,1-3H3,(H2,21,22,23). The van der Waals surface area contributed by atoms with Gasteiger partial charge in [-0.1, -0.05) is 23.7 Å². The minimum Gasteiger partial charge on any atom is -0.497 e. The van der Waals surface area contributed by atoms with Gasteiger partial charge in [0.05, 0.1) is 19.7 Å². The zero-order valence-electron chi connectivity index (χ0n) is 16.9. The lowest BCUT2D eigenvalue weighted by Crippen LogP contribution is -2.44. The number of aromatic nitrogens is 2. The van der Waals surface area contributed by atoms with Crippen molar-refractivity contribution in [2.75, 3.05) is 33.8 Å². The number of nitrogens with one attached hydrogen (secondary N) is 2. The molecule has 2 heterocycles. The van der Waals surface area contributed by atoms with Crippen molar-refractivity contribution in [3.63, 3.8) is 0 Å². The van der Waals surface area contributed by atoms with Crippen LogP contribution in [-0.2, 0) is 6.54 Å². The van der Waals surface area contributed by atoms with Gasteiger partial charge in [0, 0.05) is 20.5 Å². The first-order chi connectivity index (χ1) is 13.7. The number of aliphatic imine (C=N–C) groups is 1. The van der Waals surface area contributed by atoms with Gasteiger partial charge in [-0.05, 0) is 43.6 Å². The topological polar surface area (TPSA) is 87.8 Å². The molecule has 0 bridgehead atoms. The summed E-state index contributed by atoms with van der Waals surface area (Å²) in [5, 5.41) is 10.6. The van der Waals surface area contributed by atoms with Crippen molar-refractivity contribution in [1.29, 1.82) is 0 Å². The van der Waals surface area contributed by atoms with Crippen LogP contribution in [0.5, 0.6) is 5.75 Å². The van der Waals surface area contributed by atoms with Gasteiger partial charge in [-0.3, -0.25) is 9.89 Å². The molecule has 152 valence electrons. The second-order valence-corrected chi connectivity index (χ2v) is 6.92. The molecule has 2 aromatic rings. The summed E-state index contributed by atoms with van der Waals surface area (Å²) in [6.45, 7) is 5.24. The third kappa shape index (κ3) is 5.45. The second-order valence-electron chi connectivity index (χ2n) is 6.92. The van der Waals surface area contributed by atoms with Gasteiger partial charge < -0.3 is 19.9 Å². The fourth-order valence-corrected chi connectivity index (χ4v) is 3.50. The van der Waals surface area contributed by atoms with E-state index in [4.69, 9.17) is 9.26 Å². The molecule has 1 aliphatic heterocycles. The molecular formula is C20H30N6O2. The molecule has 8 nitrogen and oxygen atoms in total. The molecule has 0 amide bonds. The van der Waals surface area contributed by atoms with Crippen molar-refractivity contribution in [2.24, 2.45) is 4.99 Å². The zero-order chi connectivity index (χ0) is 19.8. The average Bonchev–Trinajstić information content (AvgIpc) is 3.16. The lowest BCUT2D eigenvalue weighted by atomic mass is 10.0. The van der Waals surface area contributed by atoms with E-state index in [2.05, 4.69) is 42.8 Å². The Bertz CT molecular complexity index is 752. The van der Waals surface area contributed by atoms with Crippen molar-refractivity contribution < 1.29 is 9.26 Å². The molecule has 8 heteroatoms. The largest absolute Gasteiger partial charge is 0.497 e. The molecule has 1 aromatic carbocycles. The van der Waals surface area contributed by atoms with E-state index in [1.807, 2.05) is 12.1 Å². The first-order valence-electron chi connectivity index (χ1n) is 9.81. The minimum absolute atomic E-state index is 0.275. The van der Waals surface area contributed by atoms with E-state index in [0.29, 0.717) is 18.3 Å². The summed E-state index contributed by atoms with van der Waals surface area (Å²) in [4.78, 5) is 11.1. The predicted molar refractivity (Wildman–Crippen MR) is 108 cm³/mol. The van der Waals surface area contributed by atoms with E-state index in [1.165, 1.54) is 24.8 Å². The van der Waals surface area contributed by atoms with Crippen LogP contribution >= 0.6 is 0 Å². The van der Waals surface area contributed by atoms with E-state index in [1.54, 1.807) is 21.1 Å². The molecular weight excluding hydrogens is 356 g/mol. The van der Waals surface area contributed by atoms with Crippen molar-refractivity contribution in [1.82, 2.24) is 25.7 Å². The van der Waals surface area contributed by atoms with Gasteiger partial charge in [0.2, 0.25) is 5.89 Å². The van der Waals surface area contributed by atoms with Crippen LogP contribution < -0.4 is 15.4 Å². The van der Waals surface area contributed by atoms with Gasteiger partial charge in [0.1, 0.15) is 5.75 Å². The number of likely N-dealkylation sites (tertiary alicyclic amines) is 1. The number of hydrogen-bond acceptors (Lipinski definition) is 6. The van der Waals surface area contributed by atoms with Crippen LogP contribution in [0.4, 0.5) is 0 Å². The highest BCUT2D eigenvalue weighted by atomic mass is 16.5. The monoisotopic (exact) mass is 386 g/mol. The lowest BCUT2D eigenvalue weighted by molar-refractivity contribution is 0.164. The van der Waals surface area contributed by atoms with E-state index in [-0.39, 0.29) is 6.04 Å². The third-order valence-electron chi connectivity index (χ3n) is 5.00. The second kappa shape index (κ2) is 10.1. The Morgan fingerprint density at radius 3 is 2.57 bits per heavy atom. The fraction of sp³-hybridized carbons (Fsp3) is 0.550. The molecule has 1 atom stereocenters. The highest BCUT2D eigenvalue weighted by Crippen LogP contribution is 2.25. The quantitative estimate of drug-likeness (QED) is 0.557. The molecule has 1 fully saturated rings. The van der Waals surface area contributed by atoms with E-state index >= 15 is 0 Å². The molecule has 28 heavy (non-hydrogen) atoms. The van der Waals surface area contributed by atoms with E-state index in [0.717, 1.165) is 31.3 Å². The number of benzene rings is 1. The zero-order valence-corrected chi connectivity index (χ0v) is 16.9. The van der Waals surface area contributed by atoms with E-state index < -0.39 is 0 Å². The summed E-state index contributed by atoms with van der Waals surface area (Å²) in [7, 11) is 3.46. The molecule has 1 saturated heterocycles. The Hall–Kier alpha value is -2.61. The summed E-state index contributed by atoms with van der Waals surface area (Å²) < 4.78 is 10.3. The number of ether oxygens (including phenoxy) is 1. The highest BCUT2D eigenvalue weighted by Gasteiger charge is 2.22. The van der Waals surface area contributed by atoms with Gasteiger partial charge in [-0.2, -0.15) is 4.98 Å². The van der Waals surface area contributed by atoms with Crippen LogP contribution in [0.2, 0.25) is 0 Å². The molecule has 1 aromatic heterocycles. The Morgan fingerprint density at radius 2 is 1.96 bits per heavy atom. The number of piperidine rings is 1. The summed E-state index contributed by atoms with van der Waals surface area (Å²) in [5.74, 6) is 2.77. The number of hydrogen-bond donors (Lipinski definition) is 2. The molecule has 0 saturated carbocycles. The molecule has 0 spiro atoms. The van der Waals surface area contributed by atoms with E-state index in [9.17, 15) is 0 Å². The number of guanidine groups is 1. The fourth-order valence-electron chi connectivity index (χ4n) is 3.50. The van der Waals surface area contributed by atoms with Crippen LogP contribution in [0.15, 0.2) is 33.8 Å². The van der Waals surface area contributed by atoms with Crippen molar-refractivity contribution in [2.45, 2.75) is 38.8 Å². The van der Waals surface area contributed by atoms with Gasteiger partial charge in [0.25, 0.3) is 0 Å². The third-order valence-corrected chi connectivity index (χ3v) is 5.00. The van der Waals surface area contributed by atoms with Gasteiger partial charge in [0.15, 0.2) is 11.8 Å². The number of nitrogens with zero attached hydrogens (tertiary/aromatic N) is 4. The number of rotatable bonds is 7. The first-order valence-corrected chi connectivity index (χ1v) is 9.81. The van der Waals surface area contributed by atoms with Gasteiger partial charge >= 0.3 is 0 Å². The van der Waals surface area contributed by atoms with Crippen LogP contribution in [0.3, 0.4) is 0 Å². The Morgan fingerprint density at radius 1 is 1.21 bits per heavy atom. The van der Waals surface area contributed by atoms with Gasteiger partial charge in [-0.15, -0.1) is 0 Å². The van der Waals surface area contributed by atoms with Crippen LogP contribution in [0.1, 0.15) is 42.6 Å². The highest BCUT2D eigenvalue weighted by molar-refractivity contribution is 5.79. The van der Waals surface area contributed by atoms with Crippen LogP contribution in [0, 0.1) is 6.92 Å². The summed E-state index contributed by atoms with van der Waals surface area (Å²) in [6, 6.07) is 8.63. The summed E-state index contributed by atoms with van der Waals surface area (Å²) >= 11 is 0. The lowest BCUT2D eigenvalue weighted by Gasteiger charge is -2.35. The molecule has 1 unspecified atom stereocenters. The molecule has 3 rings (SSSR count). The Labute approximate surface area is 166 Å². The van der Waals surface area contributed by atoms with Crippen LogP contribution in [0.25, 0.3) is 0 Å². The molecule has 0 radical (unpaired) electrons. The van der Waals surface area contributed by atoms with Crippen molar-refractivity contribution in [3.8, 4) is 5.75 Å². The van der Waals surface area contributed by atoms with Crippen LogP contribution in [-0.4, -0.2) is 54.8 Å². The minimum atomic E-state index is 0.275. The summed E-state index contributed by atoms with van der Waals surface area (Å²) in [5.41, 5.74) is 1.28. The Balaban J connectivity index is 1.63. The first kappa shape index (κ1) is 20.1. The maximum absolute atomic E-state index is 5.31. The normalized spacial score (nSPS) is 16.6. The SMILES string of the molecule is CN=C(NCc1noc(C)n1)NCC(c1ccc(OC)cc1)N1CCCCC1. The van der Waals surface area contributed by atoms with Crippen molar-refractivity contribution in [3.05, 3.63) is 41.5 Å². The maximum atomic E-state index is 5.31. The van der Waals surface area contributed by atoms with Gasteiger partial charge in [-0.25, -0.2) is 0 Å². The smallest absolute Gasteiger partial charge is 0.223 e. The number of methoxy groups -OCH3 is 1.